The lowest BCUT2D eigenvalue weighted by Crippen LogP contribution is -2.04. The van der Waals surface area contributed by atoms with Gasteiger partial charge in [-0.25, -0.2) is 4.98 Å². The Morgan fingerprint density at radius 3 is 2.62 bits per heavy atom. The summed E-state index contributed by atoms with van der Waals surface area (Å²) in [6.07, 6.45) is 0. The highest BCUT2D eigenvalue weighted by atomic mass is 16.3. The van der Waals surface area contributed by atoms with Gasteiger partial charge in [0.25, 0.3) is 0 Å². The summed E-state index contributed by atoms with van der Waals surface area (Å²) < 4.78 is 5.76. The van der Waals surface area contributed by atoms with Gasteiger partial charge in [-0.05, 0) is 35.0 Å². The molecule has 24 heavy (non-hydrogen) atoms. The van der Waals surface area contributed by atoms with Crippen LogP contribution in [0.1, 0.15) is 0 Å². The molecule has 0 aliphatic rings. The number of hydrogen-bond acceptors (Lipinski definition) is 3. The summed E-state index contributed by atoms with van der Waals surface area (Å²) in [4.78, 5) is 7.87. The largest absolute Gasteiger partial charge is 0.438 e. The van der Waals surface area contributed by atoms with Crippen molar-refractivity contribution in [1.82, 2.24) is 9.97 Å². The summed E-state index contributed by atoms with van der Waals surface area (Å²) in [5, 5.41) is 11.5. The molecule has 0 bridgehead atoms. The predicted octanol–water partition coefficient (Wildman–Crippen LogP) is 4.61. The maximum absolute atomic E-state index is 8.25. The maximum atomic E-state index is 8.25. The van der Waals surface area contributed by atoms with Gasteiger partial charge in [0, 0.05) is 5.39 Å². The Bertz CT molecular complexity index is 1250. The number of para-hydroxylation sites is 2. The summed E-state index contributed by atoms with van der Waals surface area (Å²) in [7, 11) is 0. The number of hydrogen-bond donors (Lipinski definition) is 2. The molecular weight excluding hydrogens is 298 g/mol. The molecule has 0 radical (unpaired) electrons. The van der Waals surface area contributed by atoms with Crippen molar-refractivity contribution in [3.05, 3.63) is 72.3 Å². The van der Waals surface area contributed by atoms with Gasteiger partial charge in [-0.1, -0.05) is 42.5 Å². The highest BCUT2D eigenvalue weighted by molar-refractivity contribution is 6.06. The van der Waals surface area contributed by atoms with E-state index in [0.717, 1.165) is 27.2 Å². The van der Waals surface area contributed by atoms with E-state index >= 15 is 0 Å². The zero-order chi connectivity index (χ0) is 16.1. The van der Waals surface area contributed by atoms with Gasteiger partial charge in [0.1, 0.15) is 11.4 Å². The quantitative estimate of drug-likeness (QED) is 0.444. The number of rotatable bonds is 1. The summed E-state index contributed by atoms with van der Waals surface area (Å²) in [6.45, 7) is 0. The lowest BCUT2D eigenvalue weighted by atomic mass is 10.0. The Morgan fingerprint density at radius 1 is 0.875 bits per heavy atom. The van der Waals surface area contributed by atoms with Crippen molar-refractivity contribution < 1.29 is 4.42 Å². The molecule has 3 aromatic carbocycles. The van der Waals surface area contributed by atoms with Crippen molar-refractivity contribution in [2.24, 2.45) is 0 Å². The number of aromatic amines is 1. The first-order valence-corrected chi connectivity index (χ1v) is 7.75. The number of aromatic nitrogens is 2. The van der Waals surface area contributed by atoms with Crippen LogP contribution >= 0.6 is 0 Å². The van der Waals surface area contributed by atoms with E-state index in [-0.39, 0.29) is 5.55 Å². The zero-order valence-electron chi connectivity index (χ0n) is 12.7. The number of fused-ring (bicyclic) bond motifs is 4. The van der Waals surface area contributed by atoms with Crippen LogP contribution in [0.25, 0.3) is 44.2 Å². The average Bonchev–Trinajstić information content (AvgIpc) is 3.04. The van der Waals surface area contributed by atoms with Gasteiger partial charge >= 0.3 is 0 Å². The van der Waals surface area contributed by atoms with Crippen LogP contribution in [-0.4, -0.2) is 9.97 Å². The van der Waals surface area contributed by atoms with Crippen molar-refractivity contribution in [3.8, 4) is 11.4 Å². The molecule has 0 spiro atoms. The Balaban J connectivity index is 1.86. The summed E-state index contributed by atoms with van der Waals surface area (Å²) >= 11 is 0. The molecule has 0 aliphatic heterocycles. The Kier molecular flexibility index (Phi) is 2.61. The van der Waals surface area contributed by atoms with Crippen LogP contribution in [0.15, 0.2) is 71.1 Å². The van der Waals surface area contributed by atoms with E-state index in [9.17, 15) is 0 Å². The summed E-state index contributed by atoms with van der Waals surface area (Å²) in [5.74, 6) is 0.653. The van der Waals surface area contributed by atoms with Crippen LogP contribution in [0.3, 0.4) is 0 Å². The van der Waals surface area contributed by atoms with Gasteiger partial charge in [0.2, 0.25) is 5.55 Å². The standard InChI is InChI=1S/C20H13N3O/c21-19-15(20-22-16-7-3-4-8-17(16)23-20)11-14-13-6-2-1-5-12(13)9-10-18(14)24-19/h1-11,21H,(H,22,23). The van der Waals surface area contributed by atoms with E-state index in [1.807, 2.05) is 54.6 Å². The SMILES string of the molecule is N=c1oc2ccc3ccccc3c2cc1-c1nc2ccccc2[nH]1. The molecule has 5 rings (SSSR count). The molecule has 0 unspecified atom stereocenters. The van der Waals surface area contributed by atoms with E-state index in [0.29, 0.717) is 17.0 Å². The monoisotopic (exact) mass is 311 g/mol. The number of nitrogens with one attached hydrogen (secondary N) is 2. The Morgan fingerprint density at radius 2 is 1.71 bits per heavy atom. The molecule has 114 valence electrons. The second-order valence-electron chi connectivity index (χ2n) is 5.79. The Labute approximate surface area is 136 Å². The first kappa shape index (κ1) is 13.1. The summed E-state index contributed by atoms with van der Waals surface area (Å²) in [6, 6.07) is 21.9. The van der Waals surface area contributed by atoms with Crippen molar-refractivity contribution in [2.45, 2.75) is 0 Å². The third kappa shape index (κ3) is 1.86. The van der Waals surface area contributed by atoms with E-state index in [1.54, 1.807) is 0 Å². The average molecular weight is 311 g/mol. The van der Waals surface area contributed by atoms with Crippen LogP contribution < -0.4 is 5.55 Å². The second-order valence-corrected chi connectivity index (χ2v) is 5.79. The van der Waals surface area contributed by atoms with Crippen molar-refractivity contribution in [2.75, 3.05) is 0 Å². The molecule has 2 heterocycles. The third-order valence-corrected chi connectivity index (χ3v) is 4.32. The van der Waals surface area contributed by atoms with Crippen molar-refractivity contribution in [3.63, 3.8) is 0 Å². The molecule has 0 amide bonds. The van der Waals surface area contributed by atoms with Crippen LogP contribution in [0, 0.1) is 5.41 Å². The molecule has 0 saturated carbocycles. The fourth-order valence-corrected chi connectivity index (χ4v) is 3.14. The van der Waals surface area contributed by atoms with Gasteiger partial charge in [-0.3, -0.25) is 5.41 Å². The second kappa shape index (κ2) is 4.80. The highest BCUT2D eigenvalue weighted by Crippen LogP contribution is 2.27. The minimum absolute atomic E-state index is 0.108. The fourth-order valence-electron chi connectivity index (χ4n) is 3.14. The number of nitrogens with zero attached hydrogens (tertiary/aromatic N) is 1. The van der Waals surface area contributed by atoms with Gasteiger partial charge in [-0.2, -0.15) is 0 Å². The van der Waals surface area contributed by atoms with Crippen LogP contribution in [0.2, 0.25) is 0 Å². The van der Waals surface area contributed by atoms with Crippen molar-refractivity contribution >= 4 is 32.8 Å². The first-order valence-electron chi connectivity index (χ1n) is 7.75. The molecule has 0 atom stereocenters. The van der Waals surface area contributed by atoms with Crippen molar-refractivity contribution in [1.29, 1.82) is 5.41 Å². The van der Waals surface area contributed by atoms with E-state index < -0.39 is 0 Å². The number of H-pyrrole nitrogens is 1. The van der Waals surface area contributed by atoms with Crippen LogP contribution in [0.5, 0.6) is 0 Å². The van der Waals surface area contributed by atoms with Crippen LogP contribution in [-0.2, 0) is 0 Å². The smallest absolute Gasteiger partial charge is 0.223 e. The maximum Gasteiger partial charge on any atom is 0.223 e. The molecule has 4 nitrogen and oxygen atoms in total. The molecule has 5 aromatic rings. The van der Waals surface area contributed by atoms with Gasteiger partial charge in [0.05, 0.1) is 16.6 Å². The third-order valence-electron chi connectivity index (χ3n) is 4.32. The normalized spacial score (nSPS) is 11.5. The highest BCUT2D eigenvalue weighted by Gasteiger charge is 2.11. The molecule has 4 heteroatoms. The van der Waals surface area contributed by atoms with Crippen LogP contribution in [0.4, 0.5) is 0 Å². The minimum Gasteiger partial charge on any atom is -0.438 e. The molecule has 2 aromatic heterocycles. The van der Waals surface area contributed by atoms with Gasteiger partial charge in [0.15, 0.2) is 0 Å². The topological polar surface area (TPSA) is 65.7 Å². The zero-order valence-corrected chi connectivity index (χ0v) is 12.7. The van der Waals surface area contributed by atoms with E-state index in [4.69, 9.17) is 9.83 Å². The molecule has 0 saturated heterocycles. The molecular formula is C20H13N3O. The van der Waals surface area contributed by atoms with Gasteiger partial charge in [-0.15, -0.1) is 0 Å². The van der Waals surface area contributed by atoms with E-state index in [1.165, 1.54) is 0 Å². The fraction of sp³-hybridized carbons (Fsp3) is 0. The number of imidazole rings is 1. The molecule has 2 N–H and O–H groups in total. The first-order chi connectivity index (χ1) is 11.8. The van der Waals surface area contributed by atoms with E-state index in [2.05, 4.69) is 22.1 Å². The predicted molar refractivity (Wildman–Crippen MR) is 94.7 cm³/mol. The minimum atomic E-state index is 0.108. The number of benzene rings is 3. The Hall–Kier alpha value is -3.40. The lowest BCUT2D eigenvalue weighted by molar-refractivity contribution is 0.536. The summed E-state index contributed by atoms with van der Waals surface area (Å²) in [5.41, 5.74) is 3.31. The molecule has 0 aliphatic carbocycles. The molecule has 0 fully saturated rings. The lowest BCUT2D eigenvalue weighted by Gasteiger charge is -2.05. The van der Waals surface area contributed by atoms with Gasteiger partial charge < -0.3 is 9.40 Å².